The number of hydrogen-bond acceptors (Lipinski definition) is 3. The Bertz CT molecular complexity index is 760. The minimum atomic E-state index is -0.409. The maximum Gasteiger partial charge on any atom is 0.149 e. The molecule has 0 amide bonds. The molecule has 0 aromatic heterocycles. The summed E-state index contributed by atoms with van der Waals surface area (Å²) in [5.74, 6) is 0. The van der Waals surface area contributed by atoms with E-state index in [0.717, 1.165) is 27.7 Å². The van der Waals surface area contributed by atoms with Crippen molar-refractivity contribution in [2.24, 2.45) is 5.10 Å². The molecule has 0 spiro atoms. The first-order valence-electron chi connectivity index (χ1n) is 7.60. The first kappa shape index (κ1) is 15.9. The summed E-state index contributed by atoms with van der Waals surface area (Å²) in [6.45, 7) is 6.55. The van der Waals surface area contributed by atoms with Gasteiger partial charge in [0, 0.05) is 5.56 Å². The molecule has 0 aliphatic carbocycles. The van der Waals surface area contributed by atoms with Crippen LogP contribution < -0.4 is 5.01 Å². The van der Waals surface area contributed by atoms with Crippen LogP contribution >= 0.6 is 15.9 Å². The topological polar surface area (TPSA) is 32.7 Å². The number of fused-ring (bicyclic) bond motifs is 1. The van der Waals surface area contributed by atoms with Gasteiger partial charge < -0.3 is 4.79 Å². The van der Waals surface area contributed by atoms with Crippen LogP contribution in [0.5, 0.6) is 0 Å². The molecule has 1 aliphatic rings. The van der Waals surface area contributed by atoms with Crippen molar-refractivity contribution in [2.75, 3.05) is 5.01 Å². The minimum Gasteiger partial charge on any atom is -0.301 e. The normalized spacial score (nSPS) is 17.5. The van der Waals surface area contributed by atoms with E-state index in [2.05, 4.69) is 53.9 Å². The maximum absolute atomic E-state index is 11.7. The summed E-state index contributed by atoms with van der Waals surface area (Å²) in [5, 5.41) is 6.34. The Kier molecular flexibility index (Phi) is 4.11. The highest BCUT2D eigenvalue weighted by Crippen LogP contribution is 2.35. The van der Waals surface area contributed by atoms with E-state index in [4.69, 9.17) is 0 Å². The van der Waals surface area contributed by atoms with Crippen molar-refractivity contribution in [3.8, 4) is 0 Å². The molecule has 0 saturated carbocycles. The lowest BCUT2D eigenvalue weighted by Gasteiger charge is -2.31. The van der Waals surface area contributed by atoms with Gasteiger partial charge in [-0.3, -0.25) is 0 Å². The Hall–Kier alpha value is -1.94. The van der Waals surface area contributed by atoms with Gasteiger partial charge in [-0.2, -0.15) is 5.10 Å². The Morgan fingerprint density at radius 3 is 2.35 bits per heavy atom. The summed E-state index contributed by atoms with van der Waals surface area (Å²) in [7, 11) is 0. The summed E-state index contributed by atoms with van der Waals surface area (Å²) in [6, 6.07) is 15.7. The smallest absolute Gasteiger partial charge is 0.149 e. The van der Waals surface area contributed by atoms with Crippen molar-refractivity contribution in [3.05, 3.63) is 65.2 Å². The predicted octanol–water partition coefficient (Wildman–Crippen LogP) is 4.80. The van der Waals surface area contributed by atoms with E-state index in [0.29, 0.717) is 0 Å². The molecule has 3 rings (SSSR count). The quantitative estimate of drug-likeness (QED) is 0.711. The average molecular weight is 371 g/mol. The fourth-order valence-corrected chi connectivity index (χ4v) is 3.28. The summed E-state index contributed by atoms with van der Waals surface area (Å²) >= 11 is 3.52. The average Bonchev–Trinajstić information content (AvgIpc) is 2.54. The van der Waals surface area contributed by atoms with E-state index in [1.165, 1.54) is 5.56 Å². The first-order valence-corrected chi connectivity index (χ1v) is 8.39. The number of anilines is 1. The van der Waals surface area contributed by atoms with Crippen LogP contribution in [0.3, 0.4) is 0 Å². The molecule has 3 nitrogen and oxygen atoms in total. The van der Waals surface area contributed by atoms with Crippen molar-refractivity contribution in [1.82, 2.24) is 0 Å². The molecule has 2 aromatic rings. The zero-order chi connectivity index (χ0) is 16.6. The number of carbonyl (C=O) groups is 1. The summed E-state index contributed by atoms with van der Waals surface area (Å²) in [6.07, 6.45) is 0.944. The van der Waals surface area contributed by atoms with Gasteiger partial charge in [0.25, 0.3) is 0 Å². The van der Waals surface area contributed by atoms with Crippen LogP contribution in [0, 0.1) is 0 Å². The van der Waals surface area contributed by atoms with Gasteiger partial charge in [0.15, 0.2) is 0 Å². The number of aldehydes is 1. The van der Waals surface area contributed by atoms with Crippen molar-refractivity contribution in [2.45, 2.75) is 32.2 Å². The molecular formula is C19H19BrN2O. The van der Waals surface area contributed by atoms with Crippen LogP contribution in [-0.2, 0) is 10.2 Å². The van der Waals surface area contributed by atoms with Crippen LogP contribution in [0.4, 0.5) is 5.69 Å². The predicted molar refractivity (Wildman–Crippen MR) is 98.3 cm³/mol. The molecule has 23 heavy (non-hydrogen) atoms. The monoisotopic (exact) mass is 370 g/mol. The molecule has 0 radical (unpaired) electrons. The van der Waals surface area contributed by atoms with E-state index in [1.54, 1.807) is 5.01 Å². The number of rotatable bonds is 2. The molecule has 1 heterocycles. The van der Waals surface area contributed by atoms with E-state index in [1.807, 2.05) is 36.4 Å². The van der Waals surface area contributed by atoms with Gasteiger partial charge in [-0.05, 0) is 44.6 Å². The van der Waals surface area contributed by atoms with Gasteiger partial charge in [0.2, 0.25) is 0 Å². The standard InChI is InChI=1S/C19H19BrN2O/c1-19(2,3)13-8-10-14(11-9-13)22-17(12-23)15-6-4-5-7-16(15)18(20)21-22/h4-12,17H,1-3H3. The molecule has 0 saturated heterocycles. The largest absolute Gasteiger partial charge is 0.301 e. The van der Waals surface area contributed by atoms with Crippen molar-refractivity contribution >= 4 is 32.5 Å². The highest BCUT2D eigenvalue weighted by atomic mass is 79.9. The third-order valence-corrected chi connectivity index (χ3v) is 4.67. The lowest BCUT2D eigenvalue weighted by atomic mass is 9.87. The summed E-state index contributed by atoms with van der Waals surface area (Å²) < 4.78 is 0.742. The molecule has 2 aromatic carbocycles. The zero-order valence-corrected chi connectivity index (χ0v) is 15.0. The van der Waals surface area contributed by atoms with Gasteiger partial charge in [0.1, 0.15) is 16.9 Å². The Morgan fingerprint density at radius 2 is 1.74 bits per heavy atom. The molecule has 1 unspecified atom stereocenters. The zero-order valence-electron chi connectivity index (χ0n) is 13.5. The Morgan fingerprint density at radius 1 is 1.09 bits per heavy atom. The lowest BCUT2D eigenvalue weighted by Crippen LogP contribution is -2.30. The molecule has 118 valence electrons. The third-order valence-electron chi connectivity index (χ3n) is 4.09. The first-order chi connectivity index (χ1) is 10.9. The van der Waals surface area contributed by atoms with Crippen molar-refractivity contribution < 1.29 is 4.79 Å². The Balaban J connectivity index is 2.03. The van der Waals surface area contributed by atoms with Crippen LogP contribution in [0.25, 0.3) is 0 Å². The van der Waals surface area contributed by atoms with Gasteiger partial charge >= 0.3 is 0 Å². The summed E-state index contributed by atoms with van der Waals surface area (Å²) in [4.78, 5) is 11.7. The van der Waals surface area contributed by atoms with E-state index in [9.17, 15) is 4.79 Å². The number of hydrogen-bond donors (Lipinski definition) is 0. The lowest BCUT2D eigenvalue weighted by molar-refractivity contribution is -0.109. The van der Waals surface area contributed by atoms with E-state index in [-0.39, 0.29) is 5.41 Å². The van der Waals surface area contributed by atoms with Crippen LogP contribution in [0.15, 0.2) is 53.6 Å². The molecule has 0 N–H and O–H groups in total. The molecule has 1 atom stereocenters. The second-order valence-corrected chi connectivity index (χ2v) is 7.45. The van der Waals surface area contributed by atoms with Gasteiger partial charge in [0.05, 0.1) is 5.69 Å². The fourth-order valence-electron chi connectivity index (χ4n) is 2.75. The molecule has 4 heteroatoms. The van der Waals surface area contributed by atoms with Crippen molar-refractivity contribution in [3.63, 3.8) is 0 Å². The molecule has 1 aliphatic heterocycles. The van der Waals surface area contributed by atoms with Crippen LogP contribution in [0.2, 0.25) is 0 Å². The number of nitrogens with zero attached hydrogens (tertiary/aromatic N) is 2. The number of benzene rings is 2. The highest BCUT2D eigenvalue weighted by molar-refractivity contribution is 9.18. The van der Waals surface area contributed by atoms with E-state index < -0.39 is 6.04 Å². The molecular weight excluding hydrogens is 352 g/mol. The summed E-state index contributed by atoms with van der Waals surface area (Å²) in [5.41, 5.74) is 4.18. The second kappa shape index (κ2) is 5.93. The van der Waals surface area contributed by atoms with Crippen LogP contribution in [0.1, 0.15) is 43.5 Å². The van der Waals surface area contributed by atoms with Crippen molar-refractivity contribution in [1.29, 1.82) is 0 Å². The van der Waals surface area contributed by atoms with Crippen LogP contribution in [-0.4, -0.2) is 10.9 Å². The second-order valence-electron chi connectivity index (χ2n) is 6.70. The van der Waals surface area contributed by atoms with Gasteiger partial charge in [-0.1, -0.05) is 57.2 Å². The highest BCUT2D eigenvalue weighted by Gasteiger charge is 2.28. The van der Waals surface area contributed by atoms with Gasteiger partial charge in [-0.25, -0.2) is 5.01 Å². The molecule has 0 fully saturated rings. The number of carbonyl (C=O) groups excluding carboxylic acids is 1. The maximum atomic E-state index is 11.7. The SMILES string of the molecule is CC(C)(C)c1ccc(N2N=C(Br)c3ccccc3C2C=O)cc1. The minimum absolute atomic E-state index is 0.0982. The Labute approximate surface area is 145 Å². The molecule has 0 bridgehead atoms. The number of hydrazone groups is 1. The number of halogens is 1. The van der Waals surface area contributed by atoms with Gasteiger partial charge in [-0.15, -0.1) is 0 Å². The third kappa shape index (κ3) is 2.95. The fraction of sp³-hybridized carbons (Fsp3) is 0.263. The van der Waals surface area contributed by atoms with E-state index >= 15 is 0 Å².